The molecule has 16 heteroatoms. The van der Waals surface area contributed by atoms with Gasteiger partial charge in [-0.05, 0) is 37.1 Å². The quantitative estimate of drug-likeness (QED) is 0.486. The maximum absolute atomic E-state index is 13.1. The van der Waals surface area contributed by atoms with Gasteiger partial charge < -0.3 is 10.6 Å². The van der Waals surface area contributed by atoms with Crippen molar-refractivity contribution in [1.29, 1.82) is 0 Å². The summed E-state index contributed by atoms with van der Waals surface area (Å²) in [6, 6.07) is 2.23. The van der Waals surface area contributed by atoms with Crippen LogP contribution in [0.2, 0.25) is 0 Å². The van der Waals surface area contributed by atoms with Gasteiger partial charge >= 0.3 is 18.4 Å². The number of nitrogens with one attached hydrogen (secondary N) is 3. The van der Waals surface area contributed by atoms with E-state index < -0.39 is 40.4 Å². The number of rotatable bonds is 7. The Hall–Kier alpha value is -2.62. The number of nitrogens with zero attached hydrogens (tertiary/aromatic N) is 2. The SMILES string of the molecule is CCc1nnc(NS(=O)(=O)c2ccc(NC(=O)NC(CC)(C(F)(F)F)C(F)(F)F)cc2)s1. The zero-order chi connectivity index (χ0) is 24.4. The molecule has 32 heavy (non-hydrogen) atoms. The third kappa shape index (κ3) is 5.40. The smallest absolute Gasteiger partial charge is 0.316 e. The Balaban J connectivity index is 2.15. The van der Waals surface area contributed by atoms with Gasteiger partial charge in [-0.25, -0.2) is 13.2 Å². The monoisotopic (exact) mass is 505 g/mol. The van der Waals surface area contributed by atoms with Crippen LogP contribution in [0.1, 0.15) is 25.3 Å². The molecule has 0 unspecified atom stereocenters. The first-order valence-corrected chi connectivity index (χ1v) is 11.1. The lowest BCUT2D eigenvalue weighted by atomic mass is 9.94. The summed E-state index contributed by atoms with van der Waals surface area (Å²) in [5.41, 5.74) is -4.68. The van der Waals surface area contributed by atoms with Gasteiger partial charge in [0.05, 0.1) is 4.90 Å². The van der Waals surface area contributed by atoms with Crippen LogP contribution in [0.5, 0.6) is 0 Å². The fourth-order valence-corrected chi connectivity index (χ4v) is 4.39. The van der Waals surface area contributed by atoms with E-state index in [1.807, 2.05) is 5.32 Å². The van der Waals surface area contributed by atoms with Crippen molar-refractivity contribution in [2.45, 2.75) is 49.5 Å². The van der Waals surface area contributed by atoms with E-state index in [9.17, 15) is 39.6 Å². The van der Waals surface area contributed by atoms with Gasteiger partial charge in [-0.15, -0.1) is 10.2 Å². The topological polar surface area (TPSA) is 113 Å². The molecule has 2 rings (SSSR count). The number of hydrogen-bond acceptors (Lipinski definition) is 6. The molecule has 0 atom stereocenters. The Labute approximate surface area is 182 Å². The number of anilines is 2. The summed E-state index contributed by atoms with van der Waals surface area (Å²) in [5, 5.41) is 10.8. The average Bonchev–Trinajstić information content (AvgIpc) is 3.11. The van der Waals surface area contributed by atoms with Crippen molar-refractivity contribution in [3.8, 4) is 0 Å². The molecule has 0 aliphatic rings. The molecule has 1 aromatic heterocycles. The predicted molar refractivity (Wildman–Crippen MR) is 104 cm³/mol. The van der Waals surface area contributed by atoms with E-state index >= 15 is 0 Å². The highest BCUT2D eigenvalue weighted by Gasteiger charge is 2.70. The van der Waals surface area contributed by atoms with Crippen molar-refractivity contribution < 1.29 is 39.6 Å². The highest BCUT2D eigenvalue weighted by molar-refractivity contribution is 7.93. The zero-order valence-electron chi connectivity index (χ0n) is 16.4. The van der Waals surface area contributed by atoms with Crippen LogP contribution in [0.3, 0.4) is 0 Å². The Morgan fingerprint density at radius 1 is 1.00 bits per heavy atom. The van der Waals surface area contributed by atoms with Crippen LogP contribution in [0, 0.1) is 0 Å². The minimum atomic E-state index is -5.80. The van der Waals surface area contributed by atoms with Gasteiger partial charge in [-0.3, -0.25) is 4.72 Å². The van der Waals surface area contributed by atoms with E-state index in [2.05, 4.69) is 14.9 Å². The van der Waals surface area contributed by atoms with E-state index in [0.29, 0.717) is 18.4 Å². The number of aromatic nitrogens is 2. The Kier molecular flexibility index (Phi) is 7.28. The van der Waals surface area contributed by atoms with Crippen molar-refractivity contribution in [3.05, 3.63) is 29.3 Å². The molecule has 3 N–H and O–H groups in total. The molecule has 0 aliphatic heterocycles. The first-order valence-electron chi connectivity index (χ1n) is 8.83. The minimum absolute atomic E-state index is 0.0126. The summed E-state index contributed by atoms with van der Waals surface area (Å²) in [6.45, 7) is 2.43. The first kappa shape index (κ1) is 25.6. The van der Waals surface area contributed by atoms with Crippen LogP contribution in [0.25, 0.3) is 0 Å². The lowest BCUT2D eigenvalue weighted by Crippen LogP contribution is -2.67. The number of carbonyl (C=O) groups excluding carboxylic acids is 1. The second kappa shape index (κ2) is 9.09. The van der Waals surface area contributed by atoms with Gasteiger partial charge in [-0.1, -0.05) is 25.2 Å². The van der Waals surface area contributed by atoms with Crippen LogP contribution < -0.4 is 15.4 Å². The maximum Gasteiger partial charge on any atom is 0.420 e. The number of hydrogen-bond donors (Lipinski definition) is 3. The molecule has 178 valence electrons. The van der Waals surface area contributed by atoms with Crippen molar-refractivity contribution >= 4 is 38.2 Å². The first-order chi connectivity index (χ1) is 14.6. The van der Waals surface area contributed by atoms with Gasteiger partial charge in [0.2, 0.25) is 10.7 Å². The van der Waals surface area contributed by atoms with Crippen molar-refractivity contribution in [2.24, 2.45) is 0 Å². The average molecular weight is 505 g/mol. The molecular weight excluding hydrogens is 488 g/mol. The molecule has 1 heterocycles. The number of urea groups is 1. The van der Waals surface area contributed by atoms with Gasteiger partial charge in [0.15, 0.2) is 0 Å². The van der Waals surface area contributed by atoms with E-state index in [4.69, 9.17) is 0 Å². The number of halogens is 6. The summed E-state index contributed by atoms with van der Waals surface area (Å²) in [4.78, 5) is 11.6. The van der Waals surface area contributed by atoms with Crippen LogP contribution in [-0.2, 0) is 16.4 Å². The number of benzene rings is 1. The second-order valence-electron chi connectivity index (χ2n) is 6.32. The molecule has 2 aromatic rings. The fraction of sp³-hybridized carbons (Fsp3) is 0.438. The van der Waals surface area contributed by atoms with Gasteiger partial charge in [0.25, 0.3) is 10.0 Å². The summed E-state index contributed by atoms with van der Waals surface area (Å²) < 4.78 is 106. The molecular formula is C16H17F6N5O3S2. The standard InChI is InChI=1S/C16H17F6N5O3S2/c1-3-11-25-26-13(31-11)27-32(29,30)10-7-5-9(6-8-10)23-12(28)24-14(4-2,15(17,18)19)16(20,21)22/h5-8H,3-4H2,1-2H3,(H,26,27)(H2,23,24,28). The largest absolute Gasteiger partial charge is 0.420 e. The van der Waals surface area contributed by atoms with Gasteiger partial charge in [0, 0.05) is 5.69 Å². The number of sulfonamides is 1. The van der Waals surface area contributed by atoms with Crippen LogP contribution in [0.15, 0.2) is 29.2 Å². The molecule has 0 aliphatic carbocycles. The number of aryl methyl sites for hydroxylation is 1. The van der Waals surface area contributed by atoms with Crippen LogP contribution in [0.4, 0.5) is 42.0 Å². The molecule has 8 nitrogen and oxygen atoms in total. The normalized spacial score (nSPS) is 13.0. The van der Waals surface area contributed by atoms with Crippen LogP contribution in [-0.4, -0.2) is 42.5 Å². The molecule has 0 radical (unpaired) electrons. The Morgan fingerprint density at radius 3 is 2.00 bits per heavy atom. The molecule has 0 saturated heterocycles. The number of amides is 2. The number of alkyl halides is 6. The molecule has 2 amide bonds. The van der Waals surface area contributed by atoms with Crippen LogP contribution >= 0.6 is 11.3 Å². The van der Waals surface area contributed by atoms with Crippen molar-refractivity contribution in [1.82, 2.24) is 15.5 Å². The lowest BCUT2D eigenvalue weighted by Gasteiger charge is -2.37. The summed E-state index contributed by atoms with van der Waals surface area (Å²) in [7, 11) is -4.09. The van der Waals surface area contributed by atoms with Gasteiger partial charge in [-0.2, -0.15) is 26.3 Å². The molecule has 0 spiro atoms. The fourth-order valence-electron chi connectivity index (χ4n) is 2.48. The maximum atomic E-state index is 13.1. The van der Waals surface area contributed by atoms with E-state index in [0.717, 1.165) is 40.9 Å². The van der Waals surface area contributed by atoms with E-state index in [1.54, 1.807) is 6.92 Å². The highest BCUT2D eigenvalue weighted by Crippen LogP contribution is 2.45. The summed E-state index contributed by atoms with van der Waals surface area (Å²) in [6.07, 6.45) is -12.5. The molecule has 0 saturated carbocycles. The molecule has 0 bridgehead atoms. The zero-order valence-corrected chi connectivity index (χ0v) is 18.1. The minimum Gasteiger partial charge on any atom is -0.316 e. The lowest BCUT2D eigenvalue weighted by molar-refractivity contribution is -0.304. The Morgan fingerprint density at radius 2 is 1.56 bits per heavy atom. The number of carbonyl (C=O) groups is 1. The van der Waals surface area contributed by atoms with Crippen molar-refractivity contribution in [3.63, 3.8) is 0 Å². The predicted octanol–water partition coefficient (Wildman–Crippen LogP) is 4.30. The third-order valence-electron chi connectivity index (χ3n) is 4.24. The third-order valence-corrected chi connectivity index (χ3v) is 6.71. The molecule has 1 aromatic carbocycles. The van der Waals surface area contributed by atoms with E-state index in [-0.39, 0.29) is 15.7 Å². The summed E-state index contributed by atoms with van der Waals surface area (Å²) in [5.74, 6) is 0. The molecule has 0 fully saturated rings. The Bertz CT molecular complexity index is 1040. The van der Waals surface area contributed by atoms with Gasteiger partial charge in [0.1, 0.15) is 5.01 Å². The highest BCUT2D eigenvalue weighted by atomic mass is 32.2. The van der Waals surface area contributed by atoms with E-state index in [1.165, 1.54) is 0 Å². The van der Waals surface area contributed by atoms with Crippen molar-refractivity contribution in [2.75, 3.05) is 10.0 Å². The summed E-state index contributed by atoms with van der Waals surface area (Å²) >= 11 is 1.02. The second-order valence-corrected chi connectivity index (χ2v) is 9.06.